The molecule has 4 rings (SSSR count). The third kappa shape index (κ3) is 4.87. The van der Waals surface area contributed by atoms with Crippen LogP contribution in [0.2, 0.25) is 0 Å². The summed E-state index contributed by atoms with van der Waals surface area (Å²) in [5, 5.41) is 0. The van der Waals surface area contributed by atoms with Crippen molar-refractivity contribution in [3.05, 3.63) is 138 Å². The molecular formula is C28H9F19. The lowest BCUT2D eigenvalue weighted by atomic mass is 9.62. The van der Waals surface area contributed by atoms with Gasteiger partial charge in [-0.05, 0) is 12.5 Å². The van der Waals surface area contributed by atoms with Gasteiger partial charge in [-0.1, -0.05) is 13.8 Å². The van der Waals surface area contributed by atoms with Crippen molar-refractivity contribution >= 4 is 0 Å². The summed E-state index contributed by atoms with van der Waals surface area (Å²) in [6, 6.07) is 0. The SMILES string of the molecule is CC.Cc1c(F)c(F)c(F)c(F)c1C(c1c(F)c(F)c(F)c(F)c1F)(c1c(F)c(F)c(F)c(F)c1F)c1c(F)c(F)c(F)c(F)c1F. The summed E-state index contributed by atoms with van der Waals surface area (Å²) in [4.78, 5) is 0. The molecular weight excluding hydrogens is 697 g/mol. The topological polar surface area (TPSA) is 0 Å². The van der Waals surface area contributed by atoms with Gasteiger partial charge in [0, 0.05) is 22.3 Å². The zero-order valence-corrected chi connectivity index (χ0v) is 22.7. The molecule has 0 amide bonds. The van der Waals surface area contributed by atoms with Crippen LogP contribution in [0.4, 0.5) is 83.4 Å². The number of benzene rings is 4. The highest BCUT2D eigenvalue weighted by molar-refractivity contribution is 5.64. The molecule has 0 aliphatic heterocycles. The molecule has 0 atom stereocenters. The van der Waals surface area contributed by atoms with Gasteiger partial charge in [0.2, 0.25) is 17.5 Å². The van der Waals surface area contributed by atoms with Crippen LogP contribution in [0.3, 0.4) is 0 Å². The summed E-state index contributed by atoms with van der Waals surface area (Å²) >= 11 is 0. The van der Waals surface area contributed by atoms with Crippen LogP contribution in [0, 0.1) is 117 Å². The van der Waals surface area contributed by atoms with Gasteiger partial charge < -0.3 is 0 Å². The summed E-state index contributed by atoms with van der Waals surface area (Å²) in [7, 11) is 0. The fraction of sp³-hybridized carbons (Fsp3) is 0.143. The van der Waals surface area contributed by atoms with E-state index in [9.17, 15) is 52.7 Å². The molecule has 4 aromatic carbocycles. The summed E-state index contributed by atoms with van der Waals surface area (Å²) < 4.78 is 281. The maximum absolute atomic E-state index is 15.6. The first-order valence-corrected chi connectivity index (χ1v) is 12.1. The van der Waals surface area contributed by atoms with Crippen LogP contribution in [0.15, 0.2) is 0 Å². The highest BCUT2D eigenvalue weighted by Crippen LogP contribution is 2.55. The molecule has 0 nitrogen and oxygen atoms in total. The first kappa shape index (κ1) is 37.0. The minimum Gasteiger partial charge on any atom is -0.203 e. The molecule has 254 valence electrons. The molecule has 0 aliphatic carbocycles. The Hall–Kier alpha value is -4.45. The van der Waals surface area contributed by atoms with Crippen LogP contribution in [0.25, 0.3) is 0 Å². The Morgan fingerprint density at radius 2 is 0.383 bits per heavy atom. The Bertz CT molecular complexity index is 1560. The molecule has 0 N–H and O–H groups in total. The number of hydrogen-bond donors (Lipinski definition) is 0. The third-order valence-electron chi connectivity index (χ3n) is 6.63. The zero-order valence-electron chi connectivity index (χ0n) is 22.7. The minimum atomic E-state index is -5.72. The first-order valence-electron chi connectivity index (χ1n) is 12.1. The van der Waals surface area contributed by atoms with Crippen molar-refractivity contribution in [2.75, 3.05) is 0 Å². The van der Waals surface area contributed by atoms with E-state index in [1.54, 1.807) is 0 Å². The fourth-order valence-corrected chi connectivity index (χ4v) is 4.74. The van der Waals surface area contributed by atoms with Gasteiger partial charge >= 0.3 is 0 Å². The van der Waals surface area contributed by atoms with Gasteiger partial charge in [-0.25, -0.2) is 83.4 Å². The maximum Gasteiger partial charge on any atom is 0.200 e. The lowest BCUT2D eigenvalue weighted by Gasteiger charge is -2.39. The average molecular weight is 706 g/mol. The molecule has 0 saturated carbocycles. The number of hydrogen-bond acceptors (Lipinski definition) is 0. The van der Waals surface area contributed by atoms with E-state index in [1.165, 1.54) is 0 Å². The number of halogens is 19. The molecule has 19 heteroatoms. The van der Waals surface area contributed by atoms with Crippen molar-refractivity contribution < 1.29 is 83.4 Å². The quantitative estimate of drug-likeness (QED) is 0.0858. The molecule has 0 unspecified atom stereocenters. The standard InChI is InChI=1S/C26H3F19.C2H6/c1-2-3(8(28)16(36)15(35)7(2)27)26(4-9(29)17(37)23(43)18(38)10(4)30,5-11(31)19(39)24(44)20(40)12(5)32)6-13(33)21(41)25(45)22(42)14(6)34;1-2/h1H3;1-2H3. The second-order valence-corrected chi connectivity index (χ2v) is 8.84. The summed E-state index contributed by atoms with van der Waals surface area (Å²) in [6.07, 6.45) is 0. The van der Waals surface area contributed by atoms with Crippen molar-refractivity contribution in [2.45, 2.75) is 26.2 Å². The monoisotopic (exact) mass is 706 g/mol. The van der Waals surface area contributed by atoms with E-state index in [-0.39, 0.29) is 6.92 Å². The highest BCUT2D eigenvalue weighted by atomic mass is 19.2. The van der Waals surface area contributed by atoms with Crippen molar-refractivity contribution in [2.24, 2.45) is 0 Å². The van der Waals surface area contributed by atoms with Crippen LogP contribution in [-0.2, 0) is 5.41 Å². The Balaban J connectivity index is 0.00000294. The smallest absolute Gasteiger partial charge is 0.200 e. The molecule has 0 heterocycles. The first-order chi connectivity index (χ1) is 21.7. The van der Waals surface area contributed by atoms with Crippen molar-refractivity contribution in [1.82, 2.24) is 0 Å². The van der Waals surface area contributed by atoms with Gasteiger partial charge in [0.05, 0.1) is 5.41 Å². The van der Waals surface area contributed by atoms with Crippen LogP contribution in [0.1, 0.15) is 41.7 Å². The van der Waals surface area contributed by atoms with Gasteiger partial charge in [-0.15, -0.1) is 0 Å². The second-order valence-electron chi connectivity index (χ2n) is 8.84. The van der Waals surface area contributed by atoms with E-state index in [0.717, 1.165) is 0 Å². The lowest BCUT2D eigenvalue weighted by Crippen LogP contribution is -2.42. The van der Waals surface area contributed by atoms with E-state index in [1.807, 2.05) is 13.8 Å². The second kappa shape index (κ2) is 12.6. The van der Waals surface area contributed by atoms with E-state index < -0.39 is 144 Å². The molecule has 0 aliphatic rings. The van der Waals surface area contributed by atoms with Gasteiger partial charge in [-0.2, -0.15) is 0 Å². The van der Waals surface area contributed by atoms with Gasteiger partial charge in [-0.3, -0.25) is 0 Å². The highest BCUT2D eigenvalue weighted by Gasteiger charge is 2.57. The lowest BCUT2D eigenvalue weighted by molar-refractivity contribution is 0.323. The van der Waals surface area contributed by atoms with Gasteiger partial charge in [0.25, 0.3) is 0 Å². The van der Waals surface area contributed by atoms with E-state index in [2.05, 4.69) is 0 Å². The van der Waals surface area contributed by atoms with E-state index in [4.69, 9.17) is 0 Å². The summed E-state index contributed by atoms with van der Waals surface area (Å²) in [5.74, 6) is -64.4. The fourth-order valence-electron chi connectivity index (χ4n) is 4.74. The third-order valence-corrected chi connectivity index (χ3v) is 6.63. The van der Waals surface area contributed by atoms with Crippen LogP contribution in [0.5, 0.6) is 0 Å². The number of rotatable bonds is 4. The van der Waals surface area contributed by atoms with E-state index >= 15 is 30.7 Å². The molecule has 4 aromatic rings. The predicted molar refractivity (Wildman–Crippen MR) is 120 cm³/mol. The van der Waals surface area contributed by atoms with Crippen LogP contribution in [-0.4, -0.2) is 0 Å². The molecule has 0 fully saturated rings. The summed E-state index contributed by atoms with van der Waals surface area (Å²) in [6.45, 7) is 3.87. The minimum absolute atomic E-state index is 0.130. The van der Waals surface area contributed by atoms with Crippen molar-refractivity contribution in [3.63, 3.8) is 0 Å². The maximum atomic E-state index is 15.6. The largest absolute Gasteiger partial charge is 0.203 e. The predicted octanol–water partition coefficient (Wildman–Crippen LogP) is 10.0. The molecule has 0 spiro atoms. The molecule has 47 heavy (non-hydrogen) atoms. The summed E-state index contributed by atoms with van der Waals surface area (Å²) in [5.41, 5.74) is -21.2. The van der Waals surface area contributed by atoms with Gasteiger partial charge in [0.1, 0.15) is 0 Å². The molecule has 0 saturated heterocycles. The van der Waals surface area contributed by atoms with Gasteiger partial charge in [0.15, 0.2) is 93.1 Å². The Morgan fingerprint density at radius 3 is 0.596 bits per heavy atom. The Labute approximate surface area is 248 Å². The zero-order chi connectivity index (χ0) is 36.4. The molecule has 0 radical (unpaired) electrons. The van der Waals surface area contributed by atoms with E-state index in [0.29, 0.717) is 0 Å². The Kier molecular flexibility index (Phi) is 9.95. The molecule has 0 bridgehead atoms. The molecule has 0 aromatic heterocycles. The average Bonchev–Trinajstić information content (AvgIpc) is 3.05. The van der Waals surface area contributed by atoms with Crippen LogP contribution >= 0.6 is 0 Å². The normalized spacial score (nSPS) is 11.6. The Morgan fingerprint density at radius 1 is 0.234 bits per heavy atom. The van der Waals surface area contributed by atoms with Crippen LogP contribution < -0.4 is 0 Å². The van der Waals surface area contributed by atoms with Crippen molar-refractivity contribution in [3.8, 4) is 0 Å². The van der Waals surface area contributed by atoms with Crippen molar-refractivity contribution in [1.29, 1.82) is 0 Å².